The average Bonchev–Trinajstić information content (AvgIpc) is 2.67. The molecule has 2 unspecified atom stereocenters. The first-order valence-electron chi connectivity index (χ1n) is 8.26. The fourth-order valence-corrected chi connectivity index (χ4v) is 2.72. The summed E-state index contributed by atoms with van der Waals surface area (Å²) in [6.45, 7) is -0.0313. The molecule has 0 aliphatic rings. The highest BCUT2D eigenvalue weighted by molar-refractivity contribution is 7.53. The maximum atomic E-state index is 12.4. The molecule has 0 aliphatic heterocycles. The molecule has 0 heterocycles. The van der Waals surface area contributed by atoms with Crippen molar-refractivity contribution in [2.24, 2.45) is 0 Å². The van der Waals surface area contributed by atoms with Crippen molar-refractivity contribution >= 4 is 19.7 Å². The molecule has 1 amide bonds. The fraction of sp³-hybridized carbons (Fsp3) is 0.222. The van der Waals surface area contributed by atoms with E-state index in [0.29, 0.717) is 5.56 Å². The topological polar surface area (TPSA) is 122 Å². The third kappa shape index (κ3) is 7.17. The minimum Gasteiger partial charge on any atom is -0.480 e. The molecule has 0 saturated heterocycles. The third-order valence-corrected chi connectivity index (χ3v) is 4.61. The summed E-state index contributed by atoms with van der Waals surface area (Å²) in [4.78, 5) is 32.3. The number of carbonyl (C=O) groups excluding carboxylic acids is 1. The van der Waals surface area contributed by atoms with Gasteiger partial charge in [0.2, 0.25) is 0 Å². The highest BCUT2D eigenvalue weighted by atomic mass is 31.2. The van der Waals surface area contributed by atoms with Gasteiger partial charge in [-0.1, -0.05) is 42.5 Å². The second-order valence-electron chi connectivity index (χ2n) is 5.88. The van der Waals surface area contributed by atoms with E-state index in [1.54, 1.807) is 30.3 Å². The second kappa shape index (κ2) is 9.99. The molecule has 0 radical (unpaired) electrons. The monoisotopic (exact) mass is 429 g/mol. The predicted octanol–water partition coefficient (Wildman–Crippen LogP) is 3.40. The number of nitrogens with one attached hydrogen (secondary N) is 1. The first-order valence-corrected chi connectivity index (χ1v) is 9.91. The van der Waals surface area contributed by atoms with E-state index in [-0.39, 0.29) is 18.8 Å². The molecule has 0 aromatic heterocycles. The largest absolute Gasteiger partial charge is 0.480 e. The van der Waals surface area contributed by atoms with Crippen molar-refractivity contribution < 1.29 is 42.2 Å². The summed E-state index contributed by atoms with van der Waals surface area (Å²) in [5.74, 6) is -1.58. The summed E-state index contributed by atoms with van der Waals surface area (Å²) >= 11 is 0. The van der Waals surface area contributed by atoms with Crippen LogP contribution in [0.2, 0.25) is 0 Å². The quantitative estimate of drug-likeness (QED) is 0.522. The van der Waals surface area contributed by atoms with Gasteiger partial charge < -0.3 is 24.6 Å². The summed E-state index contributed by atoms with van der Waals surface area (Å²) in [5, 5.41) is 11.5. The van der Waals surface area contributed by atoms with Gasteiger partial charge in [0.25, 0.3) is 0 Å². The van der Waals surface area contributed by atoms with Crippen LogP contribution in [0.3, 0.4) is 0 Å². The molecular weight excluding hydrogens is 411 g/mol. The highest BCUT2D eigenvalue weighted by Crippen LogP contribution is 2.48. The number of hydrogen-bond acceptors (Lipinski definition) is 5. The van der Waals surface area contributed by atoms with Gasteiger partial charge in [0.05, 0.1) is 0 Å². The Hall–Kier alpha value is -2.97. The predicted molar refractivity (Wildman–Crippen MR) is 97.8 cm³/mol. The van der Waals surface area contributed by atoms with Crippen molar-refractivity contribution in [2.45, 2.75) is 25.2 Å². The summed E-state index contributed by atoms with van der Waals surface area (Å²) in [6.07, 6.45) is -4.61. The Morgan fingerprint density at radius 3 is 2.21 bits per heavy atom. The zero-order chi connectivity index (χ0) is 21.4. The second-order valence-corrected chi connectivity index (χ2v) is 7.58. The van der Waals surface area contributed by atoms with Gasteiger partial charge in [0.15, 0.2) is 0 Å². The Morgan fingerprint density at radius 2 is 1.66 bits per heavy atom. The SMILES string of the molecule is O=C(NC(Cc1ccc(OP(=O)(O)C(F)F)cc1)C(=O)O)OCc1ccccc1. The minimum atomic E-state index is -5.10. The first-order chi connectivity index (χ1) is 13.7. The average molecular weight is 429 g/mol. The minimum absolute atomic E-state index is 0.0313. The number of carboxylic acids is 1. The molecule has 0 bridgehead atoms. The van der Waals surface area contributed by atoms with Crippen molar-refractivity contribution in [3.05, 3.63) is 65.7 Å². The lowest BCUT2D eigenvalue weighted by atomic mass is 10.1. The van der Waals surface area contributed by atoms with Crippen LogP contribution in [0.5, 0.6) is 5.75 Å². The molecule has 2 aromatic rings. The van der Waals surface area contributed by atoms with Gasteiger partial charge in [-0.3, -0.25) is 0 Å². The van der Waals surface area contributed by atoms with Gasteiger partial charge in [0, 0.05) is 6.42 Å². The lowest BCUT2D eigenvalue weighted by molar-refractivity contribution is -0.139. The van der Waals surface area contributed by atoms with Crippen LogP contribution >= 0.6 is 7.60 Å². The summed E-state index contributed by atoms with van der Waals surface area (Å²) in [7, 11) is -5.10. The van der Waals surface area contributed by atoms with E-state index < -0.39 is 31.9 Å². The number of alkyl halides is 2. The summed E-state index contributed by atoms with van der Waals surface area (Å²) < 4.78 is 45.3. The van der Waals surface area contributed by atoms with Crippen LogP contribution in [0.4, 0.5) is 13.6 Å². The van der Waals surface area contributed by atoms with E-state index in [2.05, 4.69) is 9.84 Å². The summed E-state index contributed by atoms with van der Waals surface area (Å²) in [5.41, 5.74) is 1.15. The van der Waals surface area contributed by atoms with Crippen LogP contribution in [0, 0.1) is 0 Å². The van der Waals surface area contributed by atoms with Crippen LogP contribution in [0.25, 0.3) is 0 Å². The van der Waals surface area contributed by atoms with Crippen molar-refractivity contribution in [1.29, 1.82) is 0 Å². The number of alkyl carbamates (subject to hydrolysis) is 1. The molecule has 3 N–H and O–H groups in total. The molecule has 0 fully saturated rings. The van der Waals surface area contributed by atoms with Gasteiger partial charge >= 0.3 is 25.8 Å². The van der Waals surface area contributed by atoms with Gasteiger partial charge in [-0.15, -0.1) is 0 Å². The number of hydrogen-bond donors (Lipinski definition) is 3. The zero-order valence-corrected chi connectivity index (χ0v) is 15.8. The number of halogens is 2. The van der Waals surface area contributed by atoms with Gasteiger partial charge in [-0.05, 0) is 23.3 Å². The zero-order valence-electron chi connectivity index (χ0n) is 14.9. The molecule has 0 saturated carbocycles. The van der Waals surface area contributed by atoms with Crippen molar-refractivity contribution in [3.8, 4) is 5.75 Å². The number of carboxylic acid groups (broad SMARTS) is 1. The van der Waals surface area contributed by atoms with E-state index in [1.807, 2.05) is 0 Å². The highest BCUT2D eigenvalue weighted by Gasteiger charge is 2.34. The lowest BCUT2D eigenvalue weighted by Gasteiger charge is -2.16. The van der Waals surface area contributed by atoms with Crippen LogP contribution in [0.1, 0.15) is 11.1 Å². The van der Waals surface area contributed by atoms with Crippen molar-refractivity contribution in [2.75, 3.05) is 0 Å². The van der Waals surface area contributed by atoms with Gasteiger partial charge in [-0.25, -0.2) is 14.2 Å². The van der Waals surface area contributed by atoms with Crippen molar-refractivity contribution in [1.82, 2.24) is 5.32 Å². The smallest absolute Gasteiger partial charge is 0.442 e. The van der Waals surface area contributed by atoms with Crippen LogP contribution in [-0.4, -0.2) is 34.3 Å². The number of aliphatic carboxylic acids is 1. The molecule has 8 nitrogen and oxygen atoms in total. The number of carbonyl (C=O) groups is 2. The number of ether oxygens (including phenoxy) is 1. The van der Waals surface area contributed by atoms with E-state index in [4.69, 9.17) is 9.63 Å². The fourth-order valence-electron chi connectivity index (χ4n) is 2.22. The Kier molecular flexibility index (Phi) is 7.69. The van der Waals surface area contributed by atoms with Crippen molar-refractivity contribution in [3.63, 3.8) is 0 Å². The van der Waals surface area contributed by atoms with Crippen LogP contribution < -0.4 is 9.84 Å². The Balaban J connectivity index is 1.93. The molecule has 29 heavy (non-hydrogen) atoms. The van der Waals surface area contributed by atoms with E-state index in [9.17, 15) is 28.0 Å². The number of benzene rings is 2. The number of rotatable bonds is 9. The Morgan fingerprint density at radius 1 is 1.03 bits per heavy atom. The third-order valence-electron chi connectivity index (χ3n) is 3.65. The maximum Gasteiger partial charge on any atom is 0.442 e. The maximum absolute atomic E-state index is 12.4. The number of amides is 1. The molecule has 156 valence electrons. The van der Waals surface area contributed by atoms with Crippen LogP contribution in [0.15, 0.2) is 54.6 Å². The van der Waals surface area contributed by atoms with E-state index >= 15 is 0 Å². The summed E-state index contributed by atoms with van der Waals surface area (Å²) in [6, 6.07) is 12.4. The molecule has 11 heteroatoms. The lowest BCUT2D eigenvalue weighted by Crippen LogP contribution is -2.42. The van der Waals surface area contributed by atoms with Gasteiger partial charge in [0.1, 0.15) is 18.4 Å². The Labute approximate surface area is 164 Å². The van der Waals surface area contributed by atoms with E-state index in [1.165, 1.54) is 12.1 Å². The molecule has 2 rings (SSSR count). The standard InChI is InChI=1S/C18H18F2NO7P/c19-17(20)29(25,26)28-14-8-6-12(7-9-14)10-15(16(22)23)21-18(24)27-11-13-4-2-1-3-5-13/h1-9,15,17H,10-11H2,(H,21,24)(H,22,23)(H,25,26). The Bertz CT molecular complexity index is 878. The molecule has 2 atom stereocenters. The molecule has 0 aliphatic carbocycles. The molecular formula is C18H18F2NO7P. The first kappa shape index (κ1) is 22.3. The molecule has 0 spiro atoms. The van der Waals surface area contributed by atoms with Crippen LogP contribution in [-0.2, 0) is 27.1 Å². The normalized spacial score (nSPS) is 13.9. The van der Waals surface area contributed by atoms with Gasteiger partial charge in [-0.2, -0.15) is 8.78 Å². The van der Waals surface area contributed by atoms with E-state index in [0.717, 1.165) is 17.7 Å². The molecule has 2 aromatic carbocycles.